The second kappa shape index (κ2) is 13.4. The number of ether oxygens (including phenoxy) is 2. The van der Waals surface area contributed by atoms with Gasteiger partial charge in [0.25, 0.3) is 0 Å². The molecule has 0 fully saturated rings. The van der Waals surface area contributed by atoms with Gasteiger partial charge >= 0.3 is 6.03 Å². The average Bonchev–Trinajstić information content (AvgIpc) is 2.84. The number of rotatable bonds is 10. The Hall–Kier alpha value is -3.22. The van der Waals surface area contributed by atoms with E-state index in [2.05, 4.69) is 5.32 Å². The molecule has 1 unspecified atom stereocenters. The van der Waals surface area contributed by atoms with Crippen LogP contribution in [0.25, 0.3) is 0 Å². The maximum absolute atomic E-state index is 12.9. The number of urea groups is 1. The topological polar surface area (TPSA) is 76.8 Å². The fourth-order valence-corrected chi connectivity index (χ4v) is 3.40. The van der Waals surface area contributed by atoms with Gasteiger partial charge in [-0.3, -0.25) is 0 Å². The molecule has 3 aromatic rings. The van der Waals surface area contributed by atoms with Crippen LogP contribution in [0, 0.1) is 0 Å². The van der Waals surface area contributed by atoms with Crippen molar-refractivity contribution in [2.45, 2.75) is 26.1 Å². The quantitative estimate of drug-likeness (QED) is 0.441. The van der Waals surface area contributed by atoms with E-state index in [0.29, 0.717) is 37.7 Å². The van der Waals surface area contributed by atoms with Gasteiger partial charge in [-0.25, -0.2) is 4.79 Å². The normalized spacial score (nSPS) is 11.1. The number of hydrogen-bond acceptors (Lipinski definition) is 4. The third kappa shape index (κ3) is 7.70. The highest BCUT2D eigenvalue weighted by Gasteiger charge is 2.17. The van der Waals surface area contributed by atoms with Crippen molar-refractivity contribution in [3.8, 4) is 11.5 Å². The van der Waals surface area contributed by atoms with Crippen LogP contribution in [-0.2, 0) is 13.2 Å². The van der Waals surface area contributed by atoms with Crippen molar-refractivity contribution in [1.82, 2.24) is 10.2 Å². The van der Waals surface area contributed by atoms with Crippen LogP contribution in [0.2, 0.25) is 0 Å². The van der Waals surface area contributed by atoms with E-state index < -0.39 is 0 Å². The smallest absolute Gasteiger partial charge is 0.318 e. The molecule has 7 heteroatoms. The van der Waals surface area contributed by atoms with Gasteiger partial charge in [0.05, 0.1) is 13.2 Å². The van der Waals surface area contributed by atoms with E-state index in [-0.39, 0.29) is 24.5 Å². The Morgan fingerprint density at radius 2 is 1.64 bits per heavy atom. The number of nitrogens with zero attached hydrogens (tertiary/aromatic N) is 1. The molecule has 6 nitrogen and oxygen atoms in total. The summed E-state index contributed by atoms with van der Waals surface area (Å²) in [6.07, 6.45) is 0. The van der Waals surface area contributed by atoms with Crippen molar-refractivity contribution in [3.63, 3.8) is 0 Å². The summed E-state index contributed by atoms with van der Waals surface area (Å²) in [4.78, 5) is 14.6. The van der Waals surface area contributed by atoms with Crippen molar-refractivity contribution in [2.24, 2.45) is 5.73 Å². The van der Waals surface area contributed by atoms with Gasteiger partial charge < -0.3 is 25.4 Å². The molecule has 0 heterocycles. The molecular weight excluding hydrogens is 438 g/mol. The van der Waals surface area contributed by atoms with Gasteiger partial charge in [0.1, 0.15) is 6.61 Å². The fourth-order valence-electron chi connectivity index (χ4n) is 3.40. The van der Waals surface area contributed by atoms with E-state index in [0.717, 1.165) is 16.7 Å². The first kappa shape index (κ1) is 26.0. The minimum absolute atomic E-state index is 0. The molecule has 0 aliphatic heterocycles. The largest absolute Gasteiger partial charge is 0.493 e. The monoisotopic (exact) mass is 469 g/mol. The third-order valence-corrected chi connectivity index (χ3v) is 5.16. The summed E-state index contributed by atoms with van der Waals surface area (Å²) >= 11 is 0. The lowest BCUT2D eigenvalue weighted by Gasteiger charge is -2.25. The zero-order chi connectivity index (χ0) is 22.8. The van der Waals surface area contributed by atoms with E-state index in [1.54, 1.807) is 12.0 Å². The molecule has 1 atom stereocenters. The third-order valence-electron chi connectivity index (χ3n) is 5.16. The molecule has 0 saturated heterocycles. The second-order valence-electron chi connectivity index (χ2n) is 7.55. The molecular formula is C26H32ClN3O3. The predicted octanol–water partition coefficient (Wildman–Crippen LogP) is 4.93. The summed E-state index contributed by atoms with van der Waals surface area (Å²) in [5.41, 5.74) is 8.84. The Morgan fingerprint density at radius 3 is 2.27 bits per heavy atom. The van der Waals surface area contributed by atoms with Crippen molar-refractivity contribution in [1.29, 1.82) is 0 Å². The Kier molecular flexibility index (Phi) is 10.5. The second-order valence-corrected chi connectivity index (χ2v) is 7.55. The first-order valence-electron chi connectivity index (χ1n) is 10.7. The molecule has 33 heavy (non-hydrogen) atoms. The van der Waals surface area contributed by atoms with E-state index in [1.807, 2.05) is 85.8 Å². The van der Waals surface area contributed by atoms with E-state index >= 15 is 0 Å². The number of methoxy groups -OCH3 is 1. The van der Waals surface area contributed by atoms with Crippen molar-refractivity contribution in [3.05, 3.63) is 95.6 Å². The van der Waals surface area contributed by atoms with Crippen LogP contribution in [0.5, 0.6) is 11.5 Å². The van der Waals surface area contributed by atoms with Gasteiger partial charge in [0.2, 0.25) is 0 Å². The van der Waals surface area contributed by atoms with E-state index in [1.165, 1.54) is 0 Å². The first-order chi connectivity index (χ1) is 15.6. The molecule has 3 rings (SSSR count). The molecule has 0 bridgehead atoms. The van der Waals surface area contributed by atoms with Gasteiger partial charge in [-0.05, 0) is 35.7 Å². The number of nitrogens with two attached hydrogens (primary N) is 1. The molecule has 0 saturated carbocycles. The number of carbonyl (C=O) groups excluding carboxylic acids is 1. The Bertz CT molecular complexity index is 987. The summed E-state index contributed by atoms with van der Waals surface area (Å²) in [6.45, 7) is 3.66. The number of nitrogens with one attached hydrogen (secondary N) is 1. The number of carbonyl (C=O) groups is 1. The van der Waals surface area contributed by atoms with Crippen LogP contribution in [0.3, 0.4) is 0 Å². The molecule has 2 amide bonds. The van der Waals surface area contributed by atoms with Crippen LogP contribution < -0.4 is 20.5 Å². The molecule has 176 valence electrons. The molecule has 0 aliphatic rings. The lowest BCUT2D eigenvalue weighted by molar-refractivity contribution is 0.193. The molecule has 3 aromatic carbocycles. The summed E-state index contributed by atoms with van der Waals surface area (Å²) in [5, 5.41) is 3.06. The number of halogens is 1. The standard InChI is InChI=1S/C26H31N3O3.ClH/c1-20(23-11-7-4-8-12-23)28-26(30)29(16-15-27)18-22-13-14-24(25(17-22)31-2)32-19-21-9-5-3-6-10-21;/h3-14,17,20H,15-16,18-19,27H2,1-2H3,(H,28,30);1H. The summed E-state index contributed by atoms with van der Waals surface area (Å²) < 4.78 is 11.5. The minimum atomic E-state index is -0.157. The van der Waals surface area contributed by atoms with Gasteiger partial charge in [0, 0.05) is 19.6 Å². The molecule has 3 N–H and O–H groups in total. The maximum Gasteiger partial charge on any atom is 0.318 e. The van der Waals surface area contributed by atoms with E-state index in [4.69, 9.17) is 15.2 Å². The van der Waals surface area contributed by atoms with Crippen LogP contribution in [0.4, 0.5) is 4.79 Å². The molecule has 0 aliphatic carbocycles. The molecule has 0 aromatic heterocycles. The van der Waals surface area contributed by atoms with Crippen LogP contribution >= 0.6 is 12.4 Å². The Morgan fingerprint density at radius 1 is 0.970 bits per heavy atom. The van der Waals surface area contributed by atoms with Gasteiger partial charge in [0.15, 0.2) is 11.5 Å². The molecule has 0 radical (unpaired) electrons. The van der Waals surface area contributed by atoms with Crippen LogP contribution in [0.1, 0.15) is 29.7 Å². The zero-order valence-electron chi connectivity index (χ0n) is 19.1. The highest BCUT2D eigenvalue weighted by molar-refractivity contribution is 5.85. The Balaban J connectivity index is 0.00000385. The maximum atomic E-state index is 12.9. The van der Waals surface area contributed by atoms with Gasteiger partial charge in [-0.2, -0.15) is 0 Å². The molecule has 0 spiro atoms. The Labute approximate surface area is 202 Å². The van der Waals surface area contributed by atoms with Gasteiger partial charge in [-0.1, -0.05) is 66.7 Å². The minimum Gasteiger partial charge on any atom is -0.493 e. The number of amides is 2. The average molecular weight is 470 g/mol. The number of benzene rings is 3. The summed E-state index contributed by atoms with van der Waals surface area (Å²) in [5.74, 6) is 1.29. The lowest BCUT2D eigenvalue weighted by atomic mass is 10.1. The highest BCUT2D eigenvalue weighted by atomic mass is 35.5. The summed E-state index contributed by atoms with van der Waals surface area (Å²) in [7, 11) is 1.61. The van der Waals surface area contributed by atoms with E-state index in [9.17, 15) is 4.79 Å². The number of hydrogen-bond donors (Lipinski definition) is 2. The van der Waals surface area contributed by atoms with Crippen molar-refractivity contribution >= 4 is 18.4 Å². The lowest BCUT2D eigenvalue weighted by Crippen LogP contribution is -2.42. The highest BCUT2D eigenvalue weighted by Crippen LogP contribution is 2.29. The van der Waals surface area contributed by atoms with Gasteiger partial charge in [-0.15, -0.1) is 12.4 Å². The first-order valence-corrected chi connectivity index (χ1v) is 10.7. The predicted molar refractivity (Wildman–Crippen MR) is 134 cm³/mol. The van der Waals surface area contributed by atoms with Crippen molar-refractivity contribution < 1.29 is 14.3 Å². The van der Waals surface area contributed by atoms with Crippen molar-refractivity contribution in [2.75, 3.05) is 20.2 Å². The fraction of sp³-hybridized carbons (Fsp3) is 0.269. The van der Waals surface area contributed by atoms with Crippen LogP contribution in [0.15, 0.2) is 78.9 Å². The zero-order valence-corrected chi connectivity index (χ0v) is 19.9. The SMILES string of the molecule is COc1cc(CN(CCN)C(=O)NC(C)c2ccccc2)ccc1OCc1ccccc1.Cl. The summed E-state index contributed by atoms with van der Waals surface area (Å²) in [6, 6.07) is 25.3. The van der Waals surface area contributed by atoms with Crippen LogP contribution in [-0.4, -0.2) is 31.1 Å².